The molecule has 0 saturated heterocycles. The van der Waals surface area contributed by atoms with Gasteiger partial charge in [0.1, 0.15) is 0 Å². The minimum Gasteiger partial charge on any atom is -0.211 e. The van der Waals surface area contributed by atoms with Crippen LogP contribution in [0.5, 0.6) is 0 Å². The molecular formula is C14H19NO2S. The number of benzene rings is 1. The molecular weight excluding hydrogens is 246 g/mol. The predicted octanol–water partition coefficient (Wildman–Crippen LogP) is 2.55. The molecule has 0 saturated carbocycles. The van der Waals surface area contributed by atoms with E-state index in [9.17, 15) is 8.42 Å². The first-order chi connectivity index (χ1) is 8.49. The maximum atomic E-state index is 12.1. The third-order valence-corrected chi connectivity index (χ3v) is 4.60. The number of hydrogen-bond acceptors (Lipinski definition) is 2. The fraction of sp³-hybridized carbons (Fsp3) is 0.429. The molecule has 1 N–H and O–H groups in total. The molecule has 3 nitrogen and oxygen atoms in total. The van der Waals surface area contributed by atoms with Gasteiger partial charge in [0.25, 0.3) is 0 Å². The molecule has 98 valence electrons. The van der Waals surface area contributed by atoms with Crippen molar-refractivity contribution in [2.75, 3.05) is 6.54 Å². The molecule has 0 fully saturated rings. The monoisotopic (exact) mass is 265 g/mol. The summed E-state index contributed by atoms with van der Waals surface area (Å²) in [7, 11) is -3.31. The Morgan fingerprint density at radius 2 is 1.94 bits per heavy atom. The molecule has 0 heterocycles. The van der Waals surface area contributed by atoms with Crippen molar-refractivity contribution in [1.29, 1.82) is 0 Å². The molecule has 18 heavy (non-hydrogen) atoms. The molecule has 4 heteroatoms. The highest BCUT2D eigenvalue weighted by Gasteiger charge is 2.21. The topological polar surface area (TPSA) is 46.2 Å². The van der Waals surface area contributed by atoms with E-state index in [-0.39, 0.29) is 0 Å². The van der Waals surface area contributed by atoms with Gasteiger partial charge in [0.2, 0.25) is 10.0 Å². The van der Waals surface area contributed by atoms with Crippen LogP contribution < -0.4 is 4.72 Å². The van der Waals surface area contributed by atoms with Crippen LogP contribution >= 0.6 is 0 Å². The summed E-state index contributed by atoms with van der Waals surface area (Å²) in [6.07, 6.45) is 3.18. The van der Waals surface area contributed by atoms with Gasteiger partial charge in [-0.15, -0.1) is 0 Å². The predicted molar refractivity (Wildman–Crippen MR) is 74.5 cm³/mol. The summed E-state index contributed by atoms with van der Waals surface area (Å²) in [5.41, 5.74) is 2.24. The van der Waals surface area contributed by atoms with Crippen LogP contribution in [0.25, 0.3) is 6.08 Å². The number of hydrogen-bond donors (Lipinski definition) is 1. The van der Waals surface area contributed by atoms with Crippen molar-refractivity contribution in [3.63, 3.8) is 0 Å². The van der Waals surface area contributed by atoms with Crippen molar-refractivity contribution in [1.82, 2.24) is 4.72 Å². The highest BCUT2D eigenvalue weighted by atomic mass is 32.2. The van der Waals surface area contributed by atoms with Gasteiger partial charge in [-0.2, -0.15) is 0 Å². The average Bonchev–Trinajstić information content (AvgIpc) is 2.36. The maximum absolute atomic E-state index is 12.1. The molecule has 1 aliphatic carbocycles. The second kappa shape index (κ2) is 5.24. The van der Waals surface area contributed by atoms with E-state index in [4.69, 9.17) is 0 Å². The van der Waals surface area contributed by atoms with E-state index in [1.54, 1.807) is 6.08 Å². The van der Waals surface area contributed by atoms with E-state index >= 15 is 0 Å². The summed E-state index contributed by atoms with van der Waals surface area (Å²) in [6.45, 7) is 4.47. The number of nitrogens with one attached hydrogen (secondary N) is 1. The van der Waals surface area contributed by atoms with E-state index in [2.05, 4.69) is 10.8 Å². The zero-order valence-corrected chi connectivity index (χ0v) is 11.6. The van der Waals surface area contributed by atoms with Gasteiger partial charge >= 0.3 is 0 Å². The first-order valence-corrected chi connectivity index (χ1v) is 7.75. The van der Waals surface area contributed by atoms with Crippen LogP contribution in [0.1, 0.15) is 31.4 Å². The van der Waals surface area contributed by atoms with Crippen LogP contribution in [0.4, 0.5) is 0 Å². The lowest BCUT2D eigenvalue weighted by Gasteiger charge is -2.17. The molecule has 0 aliphatic heterocycles. The Morgan fingerprint density at radius 3 is 2.67 bits per heavy atom. The number of fused-ring (bicyclic) bond motifs is 1. The smallest absolute Gasteiger partial charge is 0.211 e. The van der Waals surface area contributed by atoms with Crippen LogP contribution in [-0.2, 0) is 16.4 Å². The summed E-state index contributed by atoms with van der Waals surface area (Å²) in [5, 5.41) is 0. The fourth-order valence-electron chi connectivity index (χ4n) is 1.99. The molecule has 1 aromatic rings. The van der Waals surface area contributed by atoms with Crippen molar-refractivity contribution >= 4 is 16.1 Å². The Kier molecular flexibility index (Phi) is 3.88. The Balaban J connectivity index is 2.23. The van der Waals surface area contributed by atoms with Crippen molar-refractivity contribution in [3.8, 4) is 0 Å². The summed E-state index contributed by atoms with van der Waals surface area (Å²) in [5.74, 6) is 0.316. The summed E-state index contributed by atoms with van der Waals surface area (Å²) >= 11 is 0. The lowest BCUT2D eigenvalue weighted by atomic mass is 9.98. The number of aryl methyl sites for hydroxylation is 1. The van der Waals surface area contributed by atoms with E-state index in [1.807, 2.05) is 32.0 Å². The summed E-state index contributed by atoms with van der Waals surface area (Å²) in [4.78, 5) is 0.502. The van der Waals surface area contributed by atoms with Crippen molar-refractivity contribution < 1.29 is 8.42 Å². The minimum absolute atomic E-state index is 0.316. The third-order valence-electron chi connectivity index (χ3n) is 3.04. The standard InChI is InChI=1S/C14H19NO2S/c1-11(2)10-15-18(16,17)14-8-7-12-5-3-4-6-13(12)9-14/h3-6,9,11,15H,7-8,10H2,1-2H3. The SMILES string of the molecule is CC(C)CNS(=O)(=O)C1=Cc2ccccc2CC1. The van der Waals surface area contributed by atoms with Crippen molar-refractivity contribution in [2.24, 2.45) is 5.92 Å². The normalized spacial score (nSPS) is 15.4. The Bertz CT molecular complexity index is 559. The van der Waals surface area contributed by atoms with Gasteiger partial charge in [-0.1, -0.05) is 38.1 Å². The second-order valence-corrected chi connectivity index (χ2v) is 6.88. The van der Waals surface area contributed by atoms with E-state index in [0.717, 1.165) is 12.0 Å². The molecule has 0 bridgehead atoms. The molecule has 0 atom stereocenters. The maximum Gasteiger partial charge on any atom is 0.236 e. The van der Waals surface area contributed by atoms with Crippen LogP contribution in [0.2, 0.25) is 0 Å². The van der Waals surface area contributed by atoms with Gasteiger partial charge in [-0.25, -0.2) is 13.1 Å². The van der Waals surface area contributed by atoms with Gasteiger partial charge in [0.15, 0.2) is 0 Å². The van der Waals surface area contributed by atoms with Crippen LogP contribution in [0.3, 0.4) is 0 Å². The zero-order valence-electron chi connectivity index (χ0n) is 10.8. The highest BCUT2D eigenvalue weighted by molar-refractivity contribution is 7.93. The lowest BCUT2D eigenvalue weighted by Crippen LogP contribution is -2.29. The molecule has 0 unspecified atom stereocenters. The van der Waals surface area contributed by atoms with E-state index in [1.165, 1.54) is 5.56 Å². The highest BCUT2D eigenvalue weighted by Crippen LogP contribution is 2.26. The van der Waals surface area contributed by atoms with E-state index in [0.29, 0.717) is 23.8 Å². The van der Waals surface area contributed by atoms with Crippen molar-refractivity contribution in [2.45, 2.75) is 26.7 Å². The average molecular weight is 265 g/mol. The third kappa shape index (κ3) is 3.00. The quantitative estimate of drug-likeness (QED) is 0.909. The number of rotatable bonds is 4. The van der Waals surface area contributed by atoms with Gasteiger partial charge in [0, 0.05) is 6.54 Å². The molecule has 0 aromatic heterocycles. The van der Waals surface area contributed by atoms with Gasteiger partial charge < -0.3 is 0 Å². The Morgan fingerprint density at radius 1 is 1.22 bits per heavy atom. The number of sulfonamides is 1. The Labute approximate surface area is 109 Å². The minimum atomic E-state index is -3.31. The zero-order chi connectivity index (χ0) is 13.2. The van der Waals surface area contributed by atoms with Gasteiger partial charge in [-0.3, -0.25) is 0 Å². The molecule has 1 aromatic carbocycles. The summed E-state index contributed by atoms with van der Waals surface area (Å²) in [6, 6.07) is 7.94. The van der Waals surface area contributed by atoms with Gasteiger partial charge in [0.05, 0.1) is 4.91 Å². The molecule has 0 amide bonds. The van der Waals surface area contributed by atoms with E-state index < -0.39 is 10.0 Å². The van der Waals surface area contributed by atoms with Crippen LogP contribution in [0, 0.1) is 5.92 Å². The molecule has 1 aliphatic rings. The lowest BCUT2D eigenvalue weighted by molar-refractivity contribution is 0.564. The molecule has 2 rings (SSSR count). The first-order valence-electron chi connectivity index (χ1n) is 6.27. The number of allylic oxidation sites excluding steroid dienone is 1. The first kappa shape index (κ1) is 13.3. The fourth-order valence-corrected chi connectivity index (χ4v) is 3.38. The molecule has 0 spiro atoms. The van der Waals surface area contributed by atoms with Gasteiger partial charge in [-0.05, 0) is 36.0 Å². The largest absolute Gasteiger partial charge is 0.236 e. The van der Waals surface area contributed by atoms with Crippen LogP contribution in [-0.4, -0.2) is 15.0 Å². The Hall–Kier alpha value is -1.13. The summed E-state index contributed by atoms with van der Waals surface area (Å²) < 4.78 is 26.9. The van der Waals surface area contributed by atoms with Crippen LogP contribution in [0.15, 0.2) is 29.2 Å². The second-order valence-electron chi connectivity index (χ2n) is 5.06. The van der Waals surface area contributed by atoms with Crippen molar-refractivity contribution in [3.05, 3.63) is 40.3 Å². The molecule has 0 radical (unpaired) electrons.